The Bertz CT molecular complexity index is 1180. The van der Waals surface area contributed by atoms with Crippen LogP contribution in [0.4, 0.5) is 5.69 Å². The predicted molar refractivity (Wildman–Crippen MR) is 183 cm³/mol. The van der Waals surface area contributed by atoms with Gasteiger partial charge in [-0.05, 0) is 61.1 Å². The Morgan fingerprint density at radius 2 is 1.70 bits per heavy atom. The van der Waals surface area contributed by atoms with Crippen molar-refractivity contribution in [2.75, 3.05) is 85.5 Å². The second-order valence-corrected chi connectivity index (χ2v) is 12.4. The van der Waals surface area contributed by atoms with Gasteiger partial charge in [-0.2, -0.15) is 0 Å². The monoisotopic (exact) mass is 656 g/mol. The van der Waals surface area contributed by atoms with Gasteiger partial charge < -0.3 is 43.4 Å². The van der Waals surface area contributed by atoms with Crippen LogP contribution in [-0.2, 0) is 35.1 Å². The first kappa shape index (κ1) is 36.9. The SMILES string of the molecule is CCC(CC1CC(c2ccc(OCCCOC)cc2)[C@@H](OCc2ccc3c(c2)N(CCCOC)CCO3)CN1)C(=O)OCCCOC. The maximum absolute atomic E-state index is 12.9. The molecule has 0 aromatic heterocycles. The maximum atomic E-state index is 12.9. The number of ether oxygens (including phenoxy) is 7. The molecule has 0 bridgehead atoms. The molecule has 2 aliphatic rings. The lowest BCUT2D eigenvalue weighted by Crippen LogP contribution is -2.48. The highest BCUT2D eigenvalue weighted by atomic mass is 16.5. The van der Waals surface area contributed by atoms with Crippen LogP contribution >= 0.6 is 0 Å². The van der Waals surface area contributed by atoms with Gasteiger partial charge in [-0.25, -0.2) is 0 Å². The lowest BCUT2D eigenvalue weighted by molar-refractivity contribution is -0.149. The number of carbonyl (C=O) groups excluding carboxylic acids is 1. The summed E-state index contributed by atoms with van der Waals surface area (Å²) in [6, 6.07) is 14.9. The molecule has 4 atom stereocenters. The van der Waals surface area contributed by atoms with Crippen molar-refractivity contribution < 1.29 is 38.0 Å². The second kappa shape index (κ2) is 20.5. The molecule has 10 heteroatoms. The summed E-state index contributed by atoms with van der Waals surface area (Å²) in [5.74, 6) is 1.65. The Kier molecular flexibility index (Phi) is 16.1. The minimum atomic E-state index is -0.152. The molecule has 0 spiro atoms. The molecule has 2 heterocycles. The van der Waals surface area contributed by atoms with Crippen LogP contribution in [0.25, 0.3) is 0 Å². The van der Waals surface area contributed by atoms with Crippen LogP contribution in [0.1, 0.15) is 62.5 Å². The van der Waals surface area contributed by atoms with Crippen molar-refractivity contribution in [3.05, 3.63) is 53.6 Å². The zero-order valence-electron chi connectivity index (χ0n) is 28.9. The quantitative estimate of drug-likeness (QED) is 0.140. The van der Waals surface area contributed by atoms with Gasteiger partial charge in [-0.3, -0.25) is 4.79 Å². The van der Waals surface area contributed by atoms with Crippen LogP contribution in [0.5, 0.6) is 11.5 Å². The molecular formula is C37H56N2O8. The van der Waals surface area contributed by atoms with Gasteiger partial charge in [-0.1, -0.05) is 25.1 Å². The zero-order valence-corrected chi connectivity index (χ0v) is 28.9. The van der Waals surface area contributed by atoms with Crippen molar-refractivity contribution in [1.29, 1.82) is 0 Å². The molecule has 4 rings (SSSR count). The molecule has 3 unspecified atom stereocenters. The highest BCUT2D eigenvalue weighted by Crippen LogP contribution is 2.36. The number of fused-ring (bicyclic) bond motifs is 1. The standard InChI is InChI=1S/C37H56N2O8/c1-5-29(37(40)46-21-8-19-43-4)24-31-25-33(30-10-12-32(13-11-30)44-20-7-18-42-3)36(26-38-31)47-27-28-9-14-35-34(23-28)39(16-22-45-35)15-6-17-41-2/h9-14,23,29,31,33,36,38H,5-8,15-22,24-27H2,1-4H3/t29?,31?,33?,36-/m0/s1. The van der Waals surface area contributed by atoms with Gasteiger partial charge in [0, 0.05) is 79.0 Å². The molecule has 2 aromatic rings. The summed E-state index contributed by atoms with van der Waals surface area (Å²) in [7, 11) is 5.10. The van der Waals surface area contributed by atoms with E-state index >= 15 is 0 Å². The van der Waals surface area contributed by atoms with Crippen molar-refractivity contribution in [1.82, 2.24) is 5.32 Å². The molecule has 1 N–H and O–H groups in total. The Morgan fingerprint density at radius 3 is 2.45 bits per heavy atom. The molecule has 0 saturated carbocycles. The van der Waals surface area contributed by atoms with Crippen LogP contribution in [0.3, 0.4) is 0 Å². The van der Waals surface area contributed by atoms with E-state index < -0.39 is 0 Å². The molecule has 262 valence electrons. The summed E-state index contributed by atoms with van der Waals surface area (Å²) in [6.45, 7) is 8.73. The molecule has 0 radical (unpaired) electrons. The molecule has 10 nitrogen and oxygen atoms in total. The maximum Gasteiger partial charge on any atom is 0.308 e. The van der Waals surface area contributed by atoms with Crippen LogP contribution in [0.2, 0.25) is 0 Å². The fraction of sp³-hybridized carbons (Fsp3) is 0.649. The number of nitrogens with zero attached hydrogens (tertiary/aromatic N) is 1. The van der Waals surface area contributed by atoms with Gasteiger partial charge in [0.25, 0.3) is 0 Å². The zero-order chi connectivity index (χ0) is 33.3. The highest BCUT2D eigenvalue weighted by molar-refractivity contribution is 5.72. The van der Waals surface area contributed by atoms with Crippen molar-refractivity contribution in [3.8, 4) is 11.5 Å². The Hall–Kier alpha value is -2.89. The number of carbonyl (C=O) groups is 1. The van der Waals surface area contributed by atoms with E-state index in [9.17, 15) is 4.79 Å². The summed E-state index contributed by atoms with van der Waals surface area (Å²) in [5, 5.41) is 3.71. The first-order valence-corrected chi connectivity index (χ1v) is 17.3. The summed E-state index contributed by atoms with van der Waals surface area (Å²) in [4.78, 5) is 15.3. The number of esters is 1. The van der Waals surface area contributed by atoms with Crippen LogP contribution in [-0.4, -0.2) is 98.7 Å². The van der Waals surface area contributed by atoms with Gasteiger partial charge in [0.05, 0.1) is 44.1 Å². The van der Waals surface area contributed by atoms with Crippen LogP contribution in [0.15, 0.2) is 42.5 Å². The Balaban J connectivity index is 1.43. The number of benzene rings is 2. The lowest BCUT2D eigenvalue weighted by Gasteiger charge is -2.38. The Morgan fingerprint density at radius 1 is 0.957 bits per heavy atom. The van der Waals surface area contributed by atoms with Crippen molar-refractivity contribution >= 4 is 11.7 Å². The van der Waals surface area contributed by atoms with E-state index in [-0.39, 0.29) is 30.0 Å². The third kappa shape index (κ3) is 11.6. The fourth-order valence-corrected chi connectivity index (χ4v) is 6.39. The van der Waals surface area contributed by atoms with E-state index in [4.69, 9.17) is 33.2 Å². The van der Waals surface area contributed by atoms with E-state index in [1.165, 1.54) is 5.56 Å². The van der Waals surface area contributed by atoms with E-state index in [1.54, 1.807) is 21.3 Å². The largest absolute Gasteiger partial charge is 0.494 e. The topological polar surface area (TPSA) is 97.0 Å². The summed E-state index contributed by atoms with van der Waals surface area (Å²) in [5.41, 5.74) is 3.45. The fourth-order valence-electron chi connectivity index (χ4n) is 6.39. The third-order valence-corrected chi connectivity index (χ3v) is 9.02. The molecule has 1 fully saturated rings. The molecule has 47 heavy (non-hydrogen) atoms. The first-order valence-electron chi connectivity index (χ1n) is 17.3. The summed E-state index contributed by atoms with van der Waals surface area (Å²) in [6.07, 6.45) is 4.81. The number of rotatable bonds is 21. The van der Waals surface area contributed by atoms with Crippen molar-refractivity contribution in [2.24, 2.45) is 5.92 Å². The van der Waals surface area contributed by atoms with Gasteiger partial charge in [-0.15, -0.1) is 0 Å². The van der Waals surface area contributed by atoms with Gasteiger partial charge >= 0.3 is 5.97 Å². The van der Waals surface area contributed by atoms with Gasteiger partial charge in [0.1, 0.15) is 18.1 Å². The average Bonchev–Trinajstić information content (AvgIpc) is 3.10. The number of methoxy groups -OCH3 is 3. The molecule has 0 amide bonds. The van der Waals surface area contributed by atoms with Crippen LogP contribution < -0.4 is 19.7 Å². The first-order chi connectivity index (χ1) is 23.1. The lowest BCUT2D eigenvalue weighted by atomic mass is 9.81. The highest BCUT2D eigenvalue weighted by Gasteiger charge is 2.34. The third-order valence-electron chi connectivity index (χ3n) is 9.02. The smallest absolute Gasteiger partial charge is 0.308 e. The Labute approximate surface area is 281 Å². The average molecular weight is 657 g/mol. The second-order valence-electron chi connectivity index (χ2n) is 12.4. The number of nitrogens with one attached hydrogen (secondary N) is 1. The normalized spacial score (nSPS) is 19.9. The number of anilines is 1. The number of piperidine rings is 1. The number of hydrogen-bond acceptors (Lipinski definition) is 10. The molecule has 0 aliphatic carbocycles. The van der Waals surface area contributed by atoms with E-state index in [0.717, 1.165) is 74.6 Å². The van der Waals surface area contributed by atoms with Crippen molar-refractivity contribution in [3.63, 3.8) is 0 Å². The molecule has 1 saturated heterocycles. The summed E-state index contributed by atoms with van der Waals surface area (Å²) >= 11 is 0. The van der Waals surface area contributed by atoms with Gasteiger partial charge in [0.15, 0.2) is 0 Å². The summed E-state index contributed by atoms with van der Waals surface area (Å²) < 4.78 is 39.7. The predicted octanol–water partition coefficient (Wildman–Crippen LogP) is 5.36. The minimum Gasteiger partial charge on any atom is -0.494 e. The number of hydrogen-bond donors (Lipinski definition) is 1. The van der Waals surface area contributed by atoms with Gasteiger partial charge in [0.2, 0.25) is 0 Å². The van der Waals surface area contributed by atoms with E-state index in [0.29, 0.717) is 52.6 Å². The van der Waals surface area contributed by atoms with Crippen molar-refractivity contribution in [2.45, 2.75) is 70.1 Å². The minimum absolute atomic E-state index is 0.0362. The van der Waals surface area contributed by atoms with Crippen LogP contribution in [0, 0.1) is 5.92 Å². The molecule has 2 aliphatic heterocycles. The molecular weight excluding hydrogens is 600 g/mol. The molecule has 2 aromatic carbocycles. The van der Waals surface area contributed by atoms with E-state index in [1.807, 2.05) is 12.1 Å². The van der Waals surface area contributed by atoms with E-state index in [2.05, 4.69) is 47.5 Å².